The van der Waals surface area contributed by atoms with Crippen LogP contribution in [0.15, 0.2) is 46.9 Å². The topological polar surface area (TPSA) is 80.6 Å². The molecule has 7 heteroatoms. The van der Waals surface area contributed by atoms with E-state index in [1.54, 1.807) is 38.3 Å². The van der Waals surface area contributed by atoms with Crippen molar-refractivity contribution in [1.82, 2.24) is 10.6 Å². The van der Waals surface area contributed by atoms with Crippen LogP contribution in [0.25, 0.3) is 11.0 Å². The maximum absolute atomic E-state index is 13.3. The van der Waals surface area contributed by atoms with Crippen LogP contribution in [0.5, 0.6) is 5.75 Å². The highest BCUT2D eigenvalue weighted by atomic mass is 19.1. The van der Waals surface area contributed by atoms with Gasteiger partial charge < -0.3 is 19.8 Å². The van der Waals surface area contributed by atoms with Crippen LogP contribution < -0.4 is 15.4 Å². The molecular formula is C20H19FN2O4. The third-order valence-electron chi connectivity index (χ3n) is 4.15. The molecule has 0 fully saturated rings. The number of methoxy groups -OCH3 is 1. The maximum Gasteiger partial charge on any atom is 0.287 e. The molecule has 1 heterocycles. The van der Waals surface area contributed by atoms with Crippen molar-refractivity contribution in [2.45, 2.75) is 6.92 Å². The van der Waals surface area contributed by atoms with E-state index in [1.807, 2.05) is 0 Å². The van der Waals surface area contributed by atoms with Gasteiger partial charge in [0.05, 0.1) is 7.11 Å². The van der Waals surface area contributed by atoms with E-state index in [9.17, 15) is 14.0 Å². The lowest BCUT2D eigenvalue weighted by Gasteiger charge is -2.07. The van der Waals surface area contributed by atoms with Gasteiger partial charge in [-0.3, -0.25) is 9.59 Å². The summed E-state index contributed by atoms with van der Waals surface area (Å²) in [6.45, 7) is 2.18. The Labute approximate surface area is 155 Å². The molecule has 3 rings (SSSR count). The lowest BCUT2D eigenvalue weighted by molar-refractivity contribution is 0.0911. The highest BCUT2D eigenvalue weighted by Crippen LogP contribution is 2.25. The number of furan rings is 1. The number of carbonyl (C=O) groups is 2. The number of halogens is 1. The summed E-state index contributed by atoms with van der Waals surface area (Å²) in [5.41, 5.74) is 1.52. The van der Waals surface area contributed by atoms with Gasteiger partial charge in [0, 0.05) is 29.6 Å². The molecule has 0 aliphatic rings. The molecule has 0 aliphatic carbocycles. The fourth-order valence-corrected chi connectivity index (χ4v) is 2.69. The second-order valence-corrected chi connectivity index (χ2v) is 5.94. The van der Waals surface area contributed by atoms with Crippen LogP contribution in [-0.4, -0.2) is 32.0 Å². The quantitative estimate of drug-likeness (QED) is 0.654. The average Bonchev–Trinajstić information content (AvgIpc) is 3.01. The second kappa shape index (κ2) is 7.90. The third-order valence-corrected chi connectivity index (χ3v) is 4.15. The third kappa shape index (κ3) is 4.08. The SMILES string of the molecule is COc1ccc(C(=O)NCCNC(=O)c2oc3ccc(F)cc3c2C)cc1. The van der Waals surface area contributed by atoms with E-state index < -0.39 is 5.91 Å². The molecule has 2 N–H and O–H groups in total. The van der Waals surface area contributed by atoms with Gasteiger partial charge in [-0.15, -0.1) is 0 Å². The monoisotopic (exact) mass is 370 g/mol. The molecule has 0 bridgehead atoms. The number of benzene rings is 2. The number of hydrogen-bond donors (Lipinski definition) is 2. The number of nitrogens with one attached hydrogen (secondary N) is 2. The van der Waals surface area contributed by atoms with Crippen molar-refractivity contribution in [3.8, 4) is 5.75 Å². The molecule has 0 aliphatic heterocycles. The van der Waals surface area contributed by atoms with Crippen molar-refractivity contribution in [3.05, 3.63) is 65.2 Å². The van der Waals surface area contributed by atoms with Gasteiger partial charge in [-0.05, 0) is 49.4 Å². The maximum atomic E-state index is 13.3. The van der Waals surface area contributed by atoms with Crippen LogP contribution in [0.1, 0.15) is 26.5 Å². The first-order valence-electron chi connectivity index (χ1n) is 8.38. The summed E-state index contributed by atoms with van der Waals surface area (Å²) in [6.07, 6.45) is 0. The summed E-state index contributed by atoms with van der Waals surface area (Å²) in [5, 5.41) is 5.96. The Bertz CT molecular complexity index is 980. The summed E-state index contributed by atoms with van der Waals surface area (Å²) < 4.78 is 23.9. The number of fused-ring (bicyclic) bond motifs is 1. The highest BCUT2D eigenvalue weighted by molar-refractivity contribution is 5.99. The van der Waals surface area contributed by atoms with E-state index in [0.29, 0.717) is 27.8 Å². The molecule has 0 spiro atoms. The van der Waals surface area contributed by atoms with Gasteiger partial charge >= 0.3 is 0 Å². The fourth-order valence-electron chi connectivity index (χ4n) is 2.69. The normalized spacial score (nSPS) is 10.6. The molecule has 0 radical (unpaired) electrons. The predicted octanol–water partition coefficient (Wildman–Crippen LogP) is 3.05. The summed E-state index contributed by atoms with van der Waals surface area (Å²) in [5.74, 6) is -0.248. The molecule has 1 aromatic heterocycles. The first-order valence-corrected chi connectivity index (χ1v) is 8.38. The van der Waals surface area contributed by atoms with Crippen LogP contribution in [0, 0.1) is 12.7 Å². The number of rotatable bonds is 6. The molecule has 0 saturated heterocycles. The van der Waals surface area contributed by atoms with E-state index in [-0.39, 0.29) is 30.6 Å². The van der Waals surface area contributed by atoms with Crippen molar-refractivity contribution >= 4 is 22.8 Å². The molecule has 3 aromatic rings. The minimum atomic E-state index is -0.414. The average molecular weight is 370 g/mol. The van der Waals surface area contributed by atoms with Gasteiger partial charge in [0.25, 0.3) is 11.8 Å². The number of carbonyl (C=O) groups excluding carboxylic acids is 2. The lowest BCUT2D eigenvalue weighted by Crippen LogP contribution is -2.34. The zero-order valence-electron chi connectivity index (χ0n) is 15.0. The van der Waals surface area contributed by atoms with Crippen LogP contribution >= 0.6 is 0 Å². The van der Waals surface area contributed by atoms with Crippen LogP contribution in [-0.2, 0) is 0 Å². The Morgan fingerprint density at radius 1 is 1.04 bits per heavy atom. The number of amides is 2. The van der Waals surface area contributed by atoms with Gasteiger partial charge in [-0.25, -0.2) is 4.39 Å². The summed E-state index contributed by atoms with van der Waals surface area (Å²) in [6, 6.07) is 10.8. The highest BCUT2D eigenvalue weighted by Gasteiger charge is 2.17. The van der Waals surface area contributed by atoms with Gasteiger partial charge in [-0.2, -0.15) is 0 Å². The molecule has 2 aromatic carbocycles. The van der Waals surface area contributed by atoms with Crippen molar-refractivity contribution in [3.63, 3.8) is 0 Å². The molecule has 0 unspecified atom stereocenters. The standard InChI is InChI=1S/C20H19FN2O4/c1-12-16-11-14(21)5-8-17(16)27-18(12)20(25)23-10-9-22-19(24)13-3-6-15(26-2)7-4-13/h3-8,11H,9-10H2,1-2H3,(H,22,24)(H,23,25). The van der Waals surface area contributed by atoms with Gasteiger partial charge in [-0.1, -0.05) is 0 Å². The molecular weight excluding hydrogens is 351 g/mol. The summed E-state index contributed by atoms with van der Waals surface area (Å²) in [7, 11) is 1.55. The summed E-state index contributed by atoms with van der Waals surface area (Å²) in [4.78, 5) is 24.3. The zero-order valence-corrected chi connectivity index (χ0v) is 15.0. The fraction of sp³-hybridized carbons (Fsp3) is 0.200. The number of aryl methyl sites for hydroxylation is 1. The van der Waals surface area contributed by atoms with Crippen molar-refractivity contribution in [1.29, 1.82) is 0 Å². The predicted molar refractivity (Wildman–Crippen MR) is 98.6 cm³/mol. The molecule has 140 valence electrons. The number of hydrogen-bond acceptors (Lipinski definition) is 4. The molecule has 0 saturated carbocycles. The Hall–Kier alpha value is -3.35. The minimum Gasteiger partial charge on any atom is -0.497 e. The van der Waals surface area contributed by atoms with Crippen molar-refractivity contribution < 1.29 is 23.1 Å². The summed E-state index contributed by atoms with van der Waals surface area (Å²) >= 11 is 0. The van der Waals surface area contributed by atoms with Crippen LogP contribution in [0.2, 0.25) is 0 Å². The minimum absolute atomic E-state index is 0.136. The van der Waals surface area contributed by atoms with Crippen LogP contribution in [0.3, 0.4) is 0 Å². The molecule has 2 amide bonds. The van der Waals surface area contributed by atoms with Gasteiger partial charge in [0.1, 0.15) is 17.1 Å². The van der Waals surface area contributed by atoms with Gasteiger partial charge in [0.2, 0.25) is 0 Å². The first kappa shape index (κ1) is 18.4. The van der Waals surface area contributed by atoms with E-state index >= 15 is 0 Å². The lowest BCUT2D eigenvalue weighted by atomic mass is 10.1. The van der Waals surface area contributed by atoms with E-state index in [1.165, 1.54) is 18.2 Å². The smallest absolute Gasteiger partial charge is 0.287 e. The van der Waals surface area contributed by atoms with E-state index in [0.717, 1.165) is 0 Å². The molecule has 27 heavy (non-hydrogen) atoms. The van der Waals surface area contributed by atoms with Gasteiger partial charge in [0.15, 0.2) is 5.76 Å². The Morgan fingerprint density at radius 2 is 1.70 bits per heavy atom. The first-order chi connectivity index (χ1) is 13.0. The van der Waals surface area contributed by atoms with Crippen molar-refractivity contribution in [2.75, 3.05) is 20.2 Å². The molecule has 6 nitrogen and oxygen atoms in total. The van der Waals surface area contributed by atoms with E-state index in [4.69, 9.17) is 9.15 Å². The van der Waals surface area contributed by atoms with Crippen molar-refractivity contribution in [2.24, 2.45) is 0 Å². The Morgan fingerprint density at radius 3 is 2.37 bits per heavy atom. The second-order valence-electron chi connectivity index (χ2n) is 5.94. The zero-order chi connectivity index (χ0) is 19.4. The largest absolute Gasteiger partial charge is 0.497 e. The Kier molecular flexibility index (Phi) is 5.40. The van der Waals surface area contributed by atoms with Crippen LogP contribution in [0.4, 0.5) is 4.39 Å². The molecule has 0 atom stereocenters. The Balaban J connectivity index is 1.53. The van der Waals surface area contributed by atoms with E-state index in [2.05, 4.69) is 10.6 Å². The number of ether oxygens (including phenoxy) is 1.